The van der Waals surface area contributed by atoms with E-state index in [9.17, 15) is 19.8 Å². The van der Waals surface area contributed by atoms with Gasteiger partial charge < -0.3 is 20.8 Å². The number of carbonyl (C=O) groups excluding carboxylic acids is 2. The monoisotopic (exact) mass is 294 g/mol. The second-order valence-electron chi connectivity index (χ2n) is 4.87. The van der Waals surface area contributed by atoms with Crippen LogP contribution in [-0.2, 0) is 4.79 Å². The standard InChI is InChI=1S/C15H22N2O4/c1-2-15(10-18,11-19)17-13(20)8-9-16-14(21)12-6-4-3-5-7-12/h3-7,18-19H,2,8-11H2,1H3,(H,16,21)(H,17,20). The van der Waals surface area contributed by atoms with E-state index in [2.05, 4.69) is 10.6 Å². The highest BCUT2D eigenvalue weighted by molar-refractivity contribution is 5.94. The molecule has 0 spiro atoms. The molecule has 0 saturated carbocycles. The summed E-state index contributed by atoms with van der Waals surface area (Å²) >= 11 is 0. The maximum Gasteiger partial charge on any atom is 0.251 e. The van der Waals surface area contributed by atoms with Gasteiger partial charge in [0.2, 0.25) is 5.91 Å². The van der Waals surface area contributed by atoms with Crippen LogP contribution < -0.4 is 10.6 Å². The van der Waals surface area contributed by atoms with Crippen LogP contribution in [0.5, 0.6) is 0 Å². The Morgan fingerprint density at radius 2 is 1.76 bits per heavy atom. The molecule has 0 saturated heterocycles. The molecule has 0 fully saturated rings. The smallest absolute Gasteiger partial charge is 0.251 e. The van der Waals surface area contributed by atoms with Crippen LogP contribution >= 0.6 is 0 Å². The molecule has 0 heterocycles. The first-order chi connectivity index (χ1) is 10.1. The van der Waals surface area contributed by atoms with E-state index >= 15 is 0 Å². The topological polar surface area (TPSA) is 98.7 Å². The highest BCUT2D eigenvalue weighted by Crippen LogP contribution is 2.08. The molecule has 6 heteroatoms. The summed E-state index contributed by atoms with van der Waals surface area (Å²) in [5, 5.41) is 23.7. The van der Waals surface area contributed by atoms with Gasteiger partial charge in [-0.1, -0.05) is 25.1 Å². The fourth-order valence-electron chi connectivity index (χ4n) is 1.78. The number of aliphatic hydroxyl groups is 2. The quantitative estimate of drug-likeness (QED) is 0.545. The molecule has 0 unspecified atom stereocenters. The van der Waals surface area contributed by atoms with Crippen LogP contribution in [-0.4, -0.2) is 47.3 Å². The zero-order valence-electron chi connectivity index (χ0n) is 12.1. The van der Waals surface area contributed by atoms with Crippen molar-refractivity contribution in [3.63, 3.8) is 0 Å². The highest BCUT2D eigenvalue weighted by atomic mass is 16.3. The summed E-state index contributed by atoms with van der Waals surface area (Å²) in [6, 6.07) is 8.72. The lowest BCUT2D eigenvalue weighted by Crippen LogP contribution is -2.54. The summed E-state index contributed by atoms with van der Waals surface area (Å²) in [5.74, 6) is -0.567. The summed E-state index contributed by atoms with van der Waals surface area (Å²) < 4.78 is 0. The predicted molar refractivity (Wildman–Crippen MR) is 78.7 cm³/mol. The van der Waals surface area contributed by atoms with E-state index in [1.54, 1.807) is 31.2 Å². The molecule has 4 N–H and O–H groups in total. The Labute approximate surface area is 124 Å². The number of hydrogen-bond donors (Lipinski definition) is 4. The Hall–Kier alpha value is -1.92. The third-order valence-corrected chi connectivity index (χ3v) is 3.36. The second-order valence-corrected chi connectivity index (χ2v) is 4.87. The SMILES string of the molecule is CCC(CO)(CO)NC(=O)CCNC(=O)c1ccccc1. The molecule has 1 aromatic rings. The predicted octanol–water partition coefficient (Wildman–Crippen LogP) is 0.0561. The first kappa shape index (κ1) is 17.1. The fourth-order valence-corrected chi connectivity index (χ4v) is 1.78. The molecule has 0 aliphatic rings. The average Bonchev–Trinajstić information content (AvgIpc) is 2.53. The van der Waals surface area contributed by atoms with Gasteiger partial charge in [0.15, 0.2) is 0 Å². The van der Waals surface area contributed by atoms with Crippen LogP contribution in [0.4, 0.5) is 0 Å². The van der Waals surface area contributed by atoms with E-state index < -0.39 is 5.54 Å². The minimum Gasteiger partial charge on any atom is -0.394 e. The molecular formula is C15H22N2O4. The van der Waals surface area contributed by atoms with Gasteiger partial charge in [-0.3, -0.25) is 9.59 Å². The van der Waals surface area contributed by atoms with Gasteiger partial charge in [0.25, 0.3) is 5.91 Å². The number of carbonyl (C=O) groups is 2. The van der Waals surface area contributed by atoms with Gasteiger partial charge in [-0.25, -0.2) is 0 Å². The van der Waals surface area contributed by atoms with Crippen LogP contribution in [0.2, 0.25) is 0 Å². The number of aliphatic hydroxyl groups excluding tert-OH is 2. The Kier molecular flexibility index (Phi) is 6.84. The molecule has 0 aliphatic heterocycles. The summed E-state index contributed by atoms with van der Waals surface area (Å²) in [4.78, 5) is 23.5. The van der Waals surface area contributed by atoms with Crippen molar-refractivity contribution in [2.45, 2.75) is 25.3 Å². The Balaban J connectivity index is 2.39. The maximum absolute atomic E-state index is 11.8. The van der Waals surface area contributed by atoms with Crippen LogP contribution in [0.25, 0.3) is 0 Å². The zero-order chi connectivity index (χ0) is 15.7. The normalized spacial score (nSPS) is 11.0. The Morgan fingerprint density at radius 3 is 2.29 bits per heavy atom. The van der Waals surface area contributed by atoms with Crippen molar-refractivity contribution in [1.82, 2.24) is 10.6 Å². The number of benzene rings is 1. The van der Waals surface area contributed by atoms with E-state index in [0.717, 1.165) is 0 Å². The van der Waals surface area contributed by atoms with Crippen molar-refractivity contribution < 1.29 is 19.8 Å². The van der Waals surface area contributed by atoms with Crippen molar-refractivity contribution in [1.29, 1.82) is 0 Å². The lowest BCUT2D eigenvalue weighted by molar-refractivity contribution is -0.124. The zero-order valence-corrected chi connectivity index (χ0v) is 12.1. The number of hydrogen-bond acceptors (Lipinski definition) is 4. The van der Waals surface area contributed by atoms with E-state index in [1.165, 1.54) is 0 Å². The fraction of sp³-hybridized carbons (Fsp3) is 0.467. The lowest BCUT2D eigenvalue weighted by Gasteiger charge is -2.29. The van der Waals surface area contributed by atoms with Gasteiger partial charge in [0.1, 0.15) is 0 Å². The minimum atomic E-state index is -0.999. The van der Waals surface area contributed by atoms with E-state index in [0.29, 0.717) is 12.0 Å². The lowest BCUT2D eigenvalue weighted by atomic mass is 9.98. The number of nitrogens with one attached hydrogen (secondary N) is 2. The third kappa shape index (κ3) is 5.17. The van der Waals surface area contributed by atoms with Crippen molar-refractivity contribution in [2.24, 2.45) is 0 Å². The second kappa shape index (κ2) is 8.39. The molecule has 1 aromatic carbocycles. The van der Waals surface area contributed by atoms with Gasteiger partial charge in [-0.15, -0.1) is 0 Å². The molecule has 0 aromatic heterocycles. The molecule has 0 bridgehead atoms. The maximum atomic E-state index is 11.8. The number of rotatable bonds is 8. The first-order valence-corrected chi connectivity index (χ1v) is 6.93. The van der Waals surface area contributed by atoms with E-state index in [4.69, 9.17) is 0 Å². The van der Waals surface area contributed by atoms with Crippen molar-refractivity contribution in [2.75, 3.05) is 19.8 Å². The van der Waals surface area contributed by atoms with Gasteiger partial charge in [-0.2, -0.15) is 0 Å². The van der Waals surface area contributed by atoms with Gasteiger partial charge in [-0.05, 0) is 18.6 Å². The van der Waals surface area contributed by atoms with Crippen LogP contribution in [0.1, 0.15) is 30.1 Å². The summed E-state index contributed by atoms with van der Waals surface area (Å²) in [6.45, 7) is 1.30. The Bertz CT molecular complexity index is 450. The summed E-state index contributed by atoms with van der Waals surface area (Å²) in [6.07, 6.45) is 0.502. The van der Waals surface area contributed by atoms with Crippen LogP contribution in [0.15, 0.2) is 30.3 Å². The molecular weight excluding hydrogens is 272 g/mol. The summed E-state index contributed by atoms with van der Waals surface area (Å²) in [5.41, 5.74) is -0.466. The molecule has 116 valence electrons. The molecule has 0 radical (unpaired) electrons. The van der Waals surface area contributed by atoms with Crippen molar-refractivity contribution >= 4 is 11.8 Å². The van der Waals surface area contributed by atoms with Crippen LogP contribution in [0, 0.1) is 0 Å². The van der Waals surface area contributed by atoms with Gasteiger partial charge in [0, 0.05) is 18.5 Å². The highest BCUT2D eigenvalue weighted by Gasteiger charge is 2.28. The molecule has 2 amide bonds. The largest absolute Gasteiger partial charge is 0.394 e. The van der Waals surface area contributed by atoms with E-state index in [1.807, 2.05) is 6.07 Å². The average molecular weight is 294 g/mol. The first-order valence-electron chi connectivity index (χ1n) is 6.93. The van der Waals surface area contributed by atoms with Gasteiger partial charge >= 0.3 is 0 Å². The summed E-state index contributed by atoms with van der Waals surface area (Å²) in [7, 11) is 0. The Morgan fingerprint density at radius 1 is 1.14 bits per heavy atom. The molecule has 21 heavy (non-hydrogen) atoms. The molecule has 6 nitrogen and oxygen atoms in total. The van der Waals surface area contributed by atoms with Crippen molar-refractivity contribution in [3.05, 3.63) is 35.9 Å². The van der Waals surface area contributed by atoms with Gasteiger partial charge in [0.05, 0.1) is 18.8 Å². The molecule has 0 atom stereocenters. The third-order valence-electron chi connectivity index (χ3n) is 3.36. The minimum absolute atomic E-state index is 0.0837. The van der Waals surface area contributed by atoms with E-state index in [-0.39, 0.29) is 38.0 Å². The van der Waals surface area contributed by atoms with Crippen molar-refractivity contribution in [3.8, 4) is 0 Å². The molecule has 0 aliphatic carbocycles. The number of amides is 2. The molecule has 1 rings (SSSR count). The van der Waals surface area contributed by atoms with Crippen LogP contribution in [0.3, 0.4) is 0 Å².